The van der Waals surface area contributed by atoms with E-state index >= 15 is 0 Å². The molecule has 11 heavy (non-hydrogen) atoms. The molecule has 0 rings (SSSR count). The lowest BCUT2D eigenvalue weighted by Gasteiger charge is -1.86. The van der Waals surface area contributed by atoms with Gasteiger partial charge in [0.25, 0.3) is 0 Å². The maximum absolute atomic E-state index is 9.83. The van der Waals surface area contributed by atoms with Crippen LogP contribution in [-0.4, -0.2) is 6.29 Å². The summed E-state index contributed by atoms with van der Waals surface area (Å²) in [5.74, 6) is 0. The van der Waals surface area contributed by atoms with E-state index in [1.165, 1.54) is 18.9 Å². The van der Waals surface area contributed by atoms with Gasteiger partial charge in [0.05, 0.1) is 0 Å². The molecule has 0 aliphatic carbocycles. The van der Waals surface area contributed by atoms with E-state index in [0.29, 0.717) is 0 Å². The van der Waals surface area contributed by atoms with E-state index in [4.69, 9.17) is 0 Å². The second kappa shape index (κ2) is 9.15. The third-order valence-corrected chi connectivity index (χ3v) is 1.38. The number of hydrogen-bond donors (Lipinski definition) is 0. The van der Waals surface area contributed by atoms with Gasteiger partial charge in [-0.05, 0) is 18.9 Å². The molecule has 0 aliphatic rings. The SMILES string of the molecule is CCCCC=CCC=CC=O. The maximum Gasteiger partial charge on any atom is 0.142 e. The molecule has 0 aromatic rings. The summed E-state index contributed by atoms with van der Waals surface area (Å²) in [5, 5.41) is 0. The first-order valence-electron chi connectivity index (χ1n) is 4.17. The number of aldehydes is 1. The van der Waals surface area contributed by atoms with Crippen molar-refractivity contribution in [3.05, 3.63) is 24.3 Å². The van der Waals surface area contributed by atoms with Crippen molar-refractivity contribution in [1.29, 1.82) is 0 Å². The fourth-order valence-corrected chi connectivity index (χ4v) is 0.749. The zero-order chi connectivity index (χ0) is 8.36. The summed E-state index contributed by atoms with van der Waals surface area (Å²) < 4.78 is 0. The molecule has 0 radical (unpaired) electrons. The molecule has 0 N–H and O–H groups in total. The summed E-state index contributed by atoms with van der Waals surface area (Å²) in [6, 6.07) is 0. The molecule has 0 spiro atoms. The highest BCUT2D eigenvalue weighted by molar-refractivity contribution is 5.64. The van der Waals surface area contributed by atoms with Gasteiger partial charge in [-0.25, -0.2) is 0 Å². The van der Waals surface area contributed by atoms with Gasteiger partial charge in [-0.15, -0.1) is 0 Å². The van der Waals surface area contributed by atoms with Crippen molar-refractivity contribution >= 4 is 6.29 Å². The van der Waals surface area contributed by atoms with E-state index in [1.54, 1.807) is 0 Å². The van der Waals surface area contributed by atoms with Crippen LogP contribution in [0.4, 0.5) is 0 Å². The van der Waals surface area contributed by atoms with Crippen LogP contribution >= 0.6 is 0 Å². The molecule has 0 saturated heterocycles. The smallest absolute Gasteiger partial charge is 0.142 e. The first-order valence-corrected chi connectivity index (χ1v) is 4.17. The van der Waals surface area contributed by atoms with Crippen LogP contribution in [0.5, 0.6) is 0 Å². The number of allylic oxidation sites excluding steroid dienone is 4. The number of unbranched alkanes of at least 4 members (excludes halogenated alkanes) is 2. The van der Waals surface area contributed by atoms with E-state index in [1.807, 2.05) is 6.08 Å². The van der Waals surface area contributed by atoms with Crippen molar-refractivity contribution in [3.63, 3.8) is 0 Å². The van der Waals surface area contributed by atoms with Crippen LogP contribution in [-0.2, 0) is 4.79 Å². The minimum atomic E-state index is 0.805. The van der Waals surface area contributed by atoms with Crippen LogP contribution in [0.3, 0.4) is 0 Å². The third kappa shape index (κ3) is 9.15. The van der Waals surface area contributed by atoms with Crippen LogP contribution in [0.15, 0.2) is 24.3 Å². The summed E-state index contributed by atoms with van der Waals surface area (Å²) in [6.07, 6.45) is 13.0. The van der Waals surface area contributed by atoms with Gasteiger partial charge in [-0.2, -0.15) is 0 Å². The highest BCUT2D eigenvalue weighted by Crippen LogP contribution is 1.96. The topological polar surface area (TPSA) is 17.1 Å². The molecule has 0 fully saturated rings. The number of hydrogen-bond acceptors (Lipinski definition) is 1. The first-order chi connectivity index (χ1) is 5.41. The molecule has 0 atom stereocenters. The van der Waals surface area contributed by atoms with Gasteiger partial charge in [0, 0.05) is 0 Å². The van der Waals surface area contributed by atoms with Crippen LogP contribution in [0.1, 0.15) is 32.6 Å². The van der Waals surface area contributed by atoms with Crippen molar-refractivity contribution in [2.75, 3.05) is 0 Å². The summed E-state index contributed by atoms with van der Waals surface area (Å²) in [6.45, 7) is 2.18. The molecule has 0 unspecified atom stereocenters. The fraction of sp³-hybridized carbons (Fsp3) is 0.500. The Hall–Kier alpha value is -0.850. The van der Waals surface area contributed by atoms with E-state index in [2.05, 4.69) is 19.1 Å². The minimum absolute atomic E-state index is 0.805. The van der Waals surface area contributed by atoms with E-state index in [-0.39, 0.29) is 0 Å². The lowest BCUT2D eigenvalue weighted by atomic mass is 10.2. The van der Waals surface area contributed by atoms with E-state index in [9.17, 15) is 4.79 Å². The summed E-state index contributed by atoms with van der Waals surface area (Å²) >= 11 is 0. The minimum Gasteiger partial charge on any atom is -0.299 e. The Labute approximate surface area is 68.8 Å². The Kier molecular flexibility index (Phi) is 8.44. The average Bonchev–Trinajstić information content (AvgIpc) is 2.03. The first kappa shape index (κ1) is 10.2. The third-order valence-electron chi connectivity index (χ3n) is 1.38. The number of carbonyl (C=O) groups is 1. The Balaban J connectivity index is 3.15. The van der Waals surface area contributed by atoms with Gasteiger partial charge in [-0.3, -0.25) is 4.79 Å². The second-order valence-corrected chi connectivity index (χ2v) is 2.41. The molecule has 0 bridgehead atoms. The van der Waals surface area contributed by atoms with Crippen LogP contribution in [0.2, 0.25) is 0 Å². The molecule has 1 heteroatoms. The molecular weight excluding hydrogens is 136 g/mol. The zero-order valence-corrected chi connectivity index (χ0v) is 7.12. The van der Waals surface area contributed by atoms with Gasteiger partial charge in [0.15, 0.2) is 0 Å². The Morgan fingerprint density at radius 2 is 2.00 bits per heavy atom. The van der Waals surface area contributed by atoms with Crippen molar-refractivity contribution in [2.24, 2.45) is 0 Å². The molecule has 0 heterocycles. The summed E-state index contributed by atoms with van der Waals surface area (Å²) in [4.78, 5) is 9.83. The zero-order valence-electron chi connectivity index (χ0n) is 7.12. The average molecular weight is 152 g/mol. The summed E-state index contributed by atoms with van der Waals surface area (Å²) in [5.41, 5.74) is 0. The quantitative estimate of drug-likeness (QED) is 0.247. The monoisotopic (exact) mass is 152 g/mol. The molecule has 0 aromatic carbocycles. The highest BCUT2D eigenvalue weighted by Gasteiger charge is 1.76. The van der Waals surface area contributed by atoms with Gasteiger partial charge in [-0.1, -0.05) is 38.0 Å². The van der Waals surface area contributed by atoms with E-state index in [0.717, 1.165) is 19.1 Å². The number of rotatable bonds is 6. The molecule has 0 amide bonds. The molecule has 0 saturated carbocycles. The predicted molar refractivity (Wildman–Crippen MR) is 48.5 cm³/mol. The van der Waals surface area contributed by atoms with Crippen LogP contribution < -0.4 is 0 Å². The van der Waals surface area contributed by atoms with Crippen molar-refractivity contribution in [2.45, 2.75) is 32.6 Å². The highest BCUT2D eigenvalue weighted by atomic mass is 16.1. The molecule has 0 aliphatic heterocycles. The van der Waals surface area contributed by atoms with Gasteiger partial charge < -0.3 is 0 Å². The maximum atomic E-state index is 9.83. The van der Waals surface area contributed by atoms with Crippen LogP contribution in [0.25, 0.3) is 0 Å². The van der Waals surface area contributed by atoms with Gasteiger partial charge in [0.1, 0.15) is 6.29 Å². The van der Waals surface area contributed by atoms with Gasteiger partial charge in [0.2, 0.25) is 0 Å². The summed E-state index contributed by atoms with van der Waals surface area (Å²) in [7, 11) is 0. The standard InChI is InChI=1S/C10H16O/c1-2-3-4-5-6-7-8-9-10-11/h5-6,8-10H,2-4,7H2,1H3. The van der Waals surface area contributed by atoms with Gasteiger partial charge >= 0.3 is 0 Å². The fourth-order valence-electron chi connectivity index (χ4n) is 0.749. The second-order valence-electron chi connectivity index (χ2n) is 2.41. The Morgan fingerprint density at radius 1 is 1.18 bits per heavy atom. The Morgan fingerprint density at radius 3 is 2.64 bits per heavy atom. The molecule has 1 nitrogen and oxygen atoms in total. The Bertz CT molecular complexity index is 134. The molecule has 62 valence electrons. The van der Waals surface area contributed by atoms with Crippen LogP contribution in [0, 0.1) is 0 Å². The lowest BCUT2D eigenvalue weighted by molar-refractivity contribution is -0.104. The van der Waals surface area contributed by atoms with E-state index < -0.39 is 0 Å². The molecular formula is C10H16O. The normalized spacial score (nSPS) is 11.4. The number of carbonyl (C=O) groups excluding carboxylic acids is 1. The largest absolute Gasteiger partial charge is 0.299 e. The molecule has 0 aromatic heterocycles. The lowest BCUT2D eigenvalue weighted by Crippen LogP contribution is -1.66. The van der Waals surface area contributed by atoms with Crippen molar-refractivity contribution < 1.29 is 4.79 Å². The van der Waals surface area contributed by atoms with Crippen molar-refractivity contribution in [1.82, 2.24) is 0 Å². The van der Waals surface area contributed by atoms with Crippen molar-refractivity contribution in [3.8, 4) is 0 Å². The predicted octanol–water partition coefficient (Wildman–Crippen LogP) is 2.88.